The first kappa shape index (κ1) is 16.5. The van der Waals surface area contributed by atoms with Crippen LogP contribution in [0.3, 0.4) is 0 Å². The first-order valence-electron chi connectivity index (χ1n) is 3.56. The van der Waals surface area contributed by atoms with Crippen molar-refractivity contribution < 1.29 is 0 Å². The van der Waals surface area contributed by atoms with Gasteiger partial charge in [0.25, 0.3) is 0 Å². The zero-order chi connectivity index (χ0) is 10.4. The molecule has 0 aliphatic heterocycles. The Morgan fingerprint density at radius 2 is 1.58 bits per heavy atom. The van der Waals surface area contributed by atoms with Crippen LogP contribution >= 0.6 is 80.0 Å². The topological polar surface area (TPSA) is 26.0 Å². The summed E-state index contributed by atoms with van der Waals surface area (Å²) in [4.78, 5) is 0.593. The van der Waals surface area contributed by atoms with E-state index in [1.165, 1.54) is 6.42 Å². The number of alkyl halides is 3. The second kappa shape index (κ2) is 8.39. The standard InChI is InChI=1S/C4H9NS.C3H5I3/c1-3(2)4(5)6;1-2-3(4,5)6/h3H,1-2H3,(H2,5,6);2H2,1H3. The molecule has 0 heterocycles. The SMILES string of the molecule is CC(C)C(N)=S.CCC(I)(I)I. The molecule has 0 rings (SSSR count). The molecule has 0 saturated heterocycles. The Kier molecular flexibility index (Phi) is 11.5. The van der Waals surface area contributed by atoms with Gasteiger partial charge < -0.3 is 5.73 Å². The molecule has 0 atom stereocenters. The van der Waals surface area contributed by atoms with Crippen molar-refractivity contribution in [2.24, 2.45) is 11.7 Å². The number of hydrogen-bond acceptors (Lipinski definition) is 1. The molecule has 0 fully saturated rings. The minimum Gasteiger partial charge on any atom is -0.393 e. The molecule has 0 radical (unpaired) electrons. The van der Waals surface area contributed by atoms with Crippen LogP contribution in [0.15, 0.2) is 0 Å². The van der Waals surface area contributed by atoms with E-state index in [2.05, 4.69) is 86.9 Å². The summed E-state index contributed by atoms with van der Waals surface area (Å²) < 4.78 is 0.452. The Bertz CT molecular complexity index is 131. The van der Waals surface area contributed by atoms with E-state index in [1.54, 1.807) is 0 Å². The monoisotopic (exact) mass is 525 g/mol. The zero-order valence-electron chi connectivity index (χ0n) is 7.40. The highest BCUT2D eigenvalue weighted by Gasteiger charge is 2.11. The molecule has 74 valence electrons. The van der Waals surface area contributed by atoms with Gasteiger partial charge >= 0.3 is 0 Å². The van der Waals surface area contributed by atoms with Crippen LogP contribution in [0.2, 0.25) is 0 Å². The predicted octanol–water partition coefficient (Wildman–Crippen LogP) is 4.28. The molecular weight excluding hydrogens is 511 g/mol. The van der Waals surface area contributed by atoms with Gasteiger partial charge in [0.05, 0.1) is 4.99 Å². The molecular formula is C7H14I3NS. The number of nitrogens with two attached hydrogens (primary N) is 1. The molecule has 5 heteroatoms. The maximum atomic E-state index is 5.17. The highest BCUT2D eigenvalue weighted by Crippen LogP contribution is 2.38. The summed E-state index contributed by atoms with van der Waals surface area (Å²) in [6.45, 7) is 6.13. The van der Waals surface area contributed by atoms with Gasteiger partial charge in [-0.1, -0.05) is 101 Å². The summed E-state index contributed by atoms with van der Waals surface area (Å²) in [6, 6.07) is 0. The highest BCUT2D eigenvalue weighted by molar-refractivity contribution is 14.3. The lowest BCUT2D eigenvalue weighted by Crippen LogP contribution is -2.14. The molecule has 0 aliphatic rings. The van der Waals surface area contributed by atoms with Crippen LogP contribution < -0.4 is 5.73 Å². The normalized spacial score (nSPS) is 10.6. The van der Waals surface area contributed by atoms with Gasteiger partial charge in [-0.2, -0.15) is 0 Å². The van der Waals surface area contributed by atoms with Gasteiger partial charge in [0, 0.05) is 5.92 Å². The van der Waals surface area contributed by atoms with E-state index in [0.29, 0.717) is 10.3 Å². The summed E-state index contributed by atoms with van der Waals surface area (Å²) in [5.74, 6) is 0.361. The molecule has 0 aromatic heterocycles. The van der Waals surface area contributed by atoms with Crippen molar-refractivity contribution in [3.05, 3.63) is 0 Å². The lowest BCUT2D eigenvalue weighted by atomic mass is 10.2. The lowest BCUT2D eigenvalue weighted by molar-refractivity contribution is 0.891. The summed E-state index contributed by atoms with van der Waals surface area (Å²) in [7, 11) is 0. The molecule has 0 spiro atoms. The fourth-order valence-corrected chi connectivity index (χ4v) is 0. The van der Waals surface area contributed by atoms with Crippen molar-refractivity contribution in [2.75, 3.05) is 0 Å². The average molecular weight is 525 g/mol. The van der Waals surface area contributed by atoms with Crippen molar-refractivity contribution in [2.45, 2.75) is 26.6 Å². The van der Waals surface area contributed by atoms with Gasteiger partial charge in [-0.3, -0.25) is 0 Å². The van der Waals surface area contributed by atoms with Crippen molar-refractivity contribution in [3.8, 4) is 0 Å². The first-order chi connectivity index (χ1) is 5.20. The third-order valence-electron chi connectivity index (χ3n) is 0.970. The van der Waals surface area contributed by atoms with E-state index >= 15 is 0 Å². The molecule has 0 aliphatic carbocycles. The van der Waals surface area contributed by atoms with Gasteiger partial charge in [-0.25, -0.2) is 0 Å². The number of hydrogen-bond donors (Lipinski definition) is 1. The Morgan fingerprint density at radius 1 is 1.42 bits per heavy atom. The van der Waals surface area contributed by atoms with Gasteiger partial charge in [0.2, 0.25) is 0 Å². The number of thiocarbonyl (C=S) groups is 1. The summed E-state index contributed by atoms with van der Waals surface area (Å²) in [5, 5.41) is 0. The molecule has 0 bridgehead atoms. The molecule has 0 unspecified atom stereocenters. The lowest BCUT2D eigenvalue weighted by Gasteiger charge is -2.04. The largest absolute Gasteiger partial charge is 0.393 e. The number of rotatable bonds is 2. The molecule has 1 nitrogen and oxygen atoms in total. The highest BCUT2D eigenvalue weighted by atomic mass is 127. The summed E-state index contributed by atoms with van der Waals surface area (Å²) >= 11 is 11.8. The van der Waals surface area contributed by atoms with E-state index in [1.807, 2.05) is 13.8 Å². The molecule has 12 heavy (non-hydrogen) atoms. The zero-order valence-corrected chi connectivity index (χ0v) is 14.7. The van der Waals surface area contributed by atoms with Gasteiger partial charge in [0.1, 0.15) is -0.565 Å². The Morgan fingerprint density at radius 3 is 1.58 bits per heavy atom. The summed E-state index contributed by atoms with van der Waals surface area (Å²) in [6.07, 6.45) is 1.23. The Labute approximate surface area is 121 Å². The van der Waals surface area contributed by atoms with Gasteiger partial charge in [-0.15, -0.1) is 0 Å². The quantitative estimate of drug-likeness (QED) is 0.331. The maximum Gasteiger partial charge on any atom is 0.124 e. The maximum absolute atomic E-state index is 5.17. The van der Waals surface area contributed by atoms with Gasteiger partial charge in [-0.05, 0) is 6.42 Å². The van der Waals surface area contributed by atoms with Gasteiger partial charge in [0.15, 0.2) is 0 Å². The van der Waals surface area contributed by atoms with Crippen molar-refractivity contribution in [1.29, 1.82) is 0 Å². The van der Waals surface area contributed by atoms with Crippen molar-refractivity contribution in [1.82, 2.24) is 0 Å². The van der Waals surface area contributed by atoms with Crippen molar-refractivity contribution >= 4 is 85.0 Å². The van der Waals surface area contributed by atoms with Crippen LogP contribution in [0.25, 0.3) is 0 Å². The Balaban J connectivity index is 0. The van der Waals surface area contributed by atoms with Crippen LogP contribution in [-0.4, -0.2) is 4.42 Å². The molecule has 0 amide bonds. The Hall–Kier alpha value is 2.08. The summed E-state index contributed by atoms with van der Waals surface area (Å²) in [5.41, 5.74) is 5.17. The number of halogens is 3. The smallest absolute Gasteiger partial charge is 0.124 e. The minimum atomic E-state index is 0.361. The van der Waals surface area contributed by atoms with Crippen LogP contribution in [0, 0.1) is 5.92 Å². The average Bonchev–Trinajstić information content (AvgIpc) is 1.87. The van der Waals surface area contributed by atoms with Crippen molar-refractivity contribution in [3.63, 3.8) is 0 Å². The van der Waals surface area contributed by atoms with E-state index in [9.17, 15) is 0 Å². The molecule has 0 aromatic carbocycles. The minimum absolute atomic E-state index is 0.361. The van der Waals surface area contributed by atoms with Crippen LogP contribution in [0.4, 0.5) is 0 Å². The third kappa shape index (κ3) is 18.0. The molecule has 0 saturated carbocycles. The fraction of sp³-hybridized carbons (Fsp3) is 0.857. The molecule has 2 N–H and O–H groups in total. The fourth-order valence-electron chi connectivity index (χ4n) is 0. The van der Waals surface area contributed by atoms with Crippen LogP contribution in [0.1, 0.15) is 27.2 Å². The predicted molar refractivity (Wildman–Crippen MR) is 86.7 cm³/mol. The van der Waals surface area contributed by atoms with E-state index < -0.39 is 0 Å². The molecule has 0 aromatic rings. The van der Waals surface area contributed by atoms with E-state index in [4.69, 9.17) is 5.73 Å². The second-order valence-corrected chi connectivity index (χ2v) is 14.7. The second-order valence-electron chi connectivity index (χ2n) is 2.53. The van der Waals surface area contributed by atoms with Crippen LogP contribution in [0.5, 0.6) is 0 Å². The van der Waals surface area contributed by atoms with E-state index in [-0.39, 0.29) is 0 Å². The van der Waals surface area contributed by atoms with Crippen LogP contribution in [-0.2, 0) is 0 Å². The first-order valence-corrected chi connectivity index (χ1v) is 7.21. The van der Waals surface area contributed by atoms with E-state index in [0.717, 1.165) is 0 Å². The third-order valence-corrected chi connectivity index (χ3v) is 3.73.